The van der Waals surface area contributed by atoms with E-state index in [0.29, 0.717) is 17.1 Å². The highest BCUT2D eigenvalue weighted by Gasteiger charge is 2.11. The fourth-order valence-electron chi connectivity index (χ4n) is 1.62. The van der Waals surface area contributed by atoms with Gasteiger partial charge in [-0.1, -0.05) is 28.1 Å². The van der Waals surface area contributed by atoms with Gasteiger partial charge in [-0.25, -0.2) is 0 Å². The Labute approximate surface area is 118 Å². The van der Waals surface area contributed by atoms with Crippen LogP contribution in [0.25, 0.3) is 0 Å². The van der Waals surface area contributed by atoms with Crippen LogP contribution < -0.4 is 10.5 Å². The molecule has 0 saturated carbocycles. The van der Waals surface area contributed by atoms with E-state index in [1.807, 2.05) is 0 Å². The normalized spacial score (nSPS) is 10.2. The van der Waals surface area contributed by atoms with Crippen molar-refractivity contribution in [1.29, 1.82) is 0 Å². The second-order valence-corrected chi connectivity index (χ2v) is 4.83. The quantitative estimate of drug-likeness (QED) is 0.909. The van der Waals surface area contributed by atoms with Crippen molar-refractivity contribution in [3.05, 3.63) is 58.1 Å². The third kappa shape index (κ3) is 3.33. The molecule has 3 N–H and O–H groups in total. The number of carbonyl (C=O) groups is 1. The maximum atomic E-state index is 11.4. The maximum absolute atomic E-state index is 11.4. The second-order valence-electron chi connectivity index (χ2n) is 3.91. The predicted octanol–water partition coefficient (Wildman–Crippen LogP) is 2.83. The molecule has 2 aromatic carbocycles. The molecule has 0 atom stereocenters. The summed E-state index contributed by atoms with van der Waals surface area (Å²) in [6.07, 6.45) is 0. The van der Waals surface area contributed by atoms with Crippen molar-refractivity contribution < 1.29 is 14.6 Å². The number of carbonyl (C=O) groups excluding carboxylic acids is 1. The minimum atomic E-state index is -0.561. The highest BCUT2D eigenvalue weighted by atomic mass is 79.9. The maximum Gasteiger partial charge on any atom is 0.252 e. The lowest BCUT2D eigenvalue weighted by molar-refractivity contribution is 0.0998. The number of amides is 1. The van der Waals surface area contributed by atoms with Gasteiger partial charge in [0.1, 0.15) is 11.5 Å². The number of rotatable bonds is 4. The minimum Gasteiger partial charge on any atom is -0.457 e. The average molecular weight is 322 g/mol. The number of nitrogens with two attached hydrogens (primary N) is 1. The monoisotopic (exact) mass is 321 g/mol. The highest BCUT2D eigenvalue weighted by Crippen LogP contribution is 2.28. The van der Waals surface area contributed by atoms with E-state index in [-0.39, 0.29) is 6.61 Å². The Kier molecular flexibility index (Phi) is 4.19. The number of primary amides is 1. The van der Waals surface area contributed by atoms with Gasteiger partial charge in [0, 0.05) is 4.47 Å². The topological polar surface area (TPSA) is 72.6 Å². The lowest BCUT2D eigenvalue weighted by atomic mass is 10.2. The van der Waals surface area contributed by atoms with Crippen LogP contribution in [0.5, 0.6) is 11.5 Å². The Morgan fingerprint density at radius 3 is 2.74 bits per heavy atom. The van der Waals surface area contributed by atoms with Crippen LogP contribution in [0.4, 0.5) is 0 Å². The van der Waals surface area contributed by atoms with E-state index in [9.17, 15) is 4.79 Å². The van der Waals surface area contributed by atoms with E-state index in [4.69, 9.17) is 15.6 Å². The van der Waals surface area contributed by atoms with Crippen LogP contribution in [0, 0.1) is 0 Å². The number of hydrogen-bond donors (Lipinski definition) is 2. The molecule has 0 unspecified atom stereocenters. The first-order chi connectivity index (χ1) is 9.10. The van der Waals surface area contributed by atoms with Gasteiger partial charge in [0.15, 0.2) is 0 Å². The van der Waals surface area contributed by atoms with Crippen molar-refractivity contribution in [3.63, 3.8) is 0 Å². The van der Waals surface area contributed by atoms with Crippen molar-refractivity contribution in [3.8, 4) is 11.5 Å². The van der Waals surface area contributed by atoms with Gasteiger partial charge in [0.05, 0.1) is 12.2 Å². The molecule has 0 bridgehead atoms. The van der Waals surface area contributed by atoms with Crippen LogP contribution in [-0.2, 0) is 6.61 Å². The zero-order valence-electron chi connectivity index (χ0n) is 9.97. The highest BCUT2D eigenvalue weighted by molar-refractivity contribution is 9.10. The molecule has 0 fully saturated rings. The first kappa shape index (κ1) is 13.6. The van der Waals surface area contributed by atoms with Gasteiger partial charge < -0.3 is 15.6 Å². The molecule has 5 heteroatoms. The Morgan fingerprint density at radius 2 is 2.05 bits per heavy atom. The van der Waals surface area contributed by atoms with E-state index in [0.717, 1.165) is 10.0 Å². The zero-order valence-corrected chi connectivity index (χ0v) is 11.6. The number of aliphatic hydroxyl groups excluding tert-OH is 1. The number of ether oxygens (including phenoxy) is 1. The number of aliphatic hydroxyl groups is 1. The van der Waals surface area contributed by atoms with Gasteiger partial charge in [-0.15, -0.1) is 0 Å². The van der Waals surface area contributed by atoms with Crippen molar-refractivity contribution in [2.75, 3.05) is 0 Å². The number of hydrogen-bond acceptors (Lipinski definition) is 3. The van der Waals surface area contributed by atoms with Crippen molar-refractivity contribution in [2.24, 2.45) is 5.73 Å². The molecule has 0 aliphatic carbocycles. The van der Waals surface area contributed by atoms with Gasteiger partial charge in [-0.2, -0.15) is 0 Å². The first-order valence-electron chi connectivity index (χ1n) is 5.57. The summed E-state index contributed by atoms with van der Waals surface area (Å²) >= 11 is 3.28. The Morgan fingerprint density at radius 1 is 1.26 bits per heavy atom. The summed E-state index contributed by atoms with van der Waals surface area (Å²) in [5, 5.41) is 9.07. The number of benzene rings is 2. The van der Waals surface area contributed by atoms with Crippen LogP contribution in [0.15, 0.2) is 46.9 Å². The average Bonchev–Trinajstić information content (AvgIpc) is 2.41. The summed E-state index contributed by atoms with van der Waals surface area (Å²) in [4.78, 5) is 11.4. The van der Waals surface area contributed by atoms with Gasteiger partial charge >= 0.3 is 0 Å². The minimum absolute atomic E-state index is 0.0692. The summed E-state index contributed by atoms with van der Waals surface area (Å²) in [6.45, 7) is -0.0692. The lowest BCUT2D eigenvalue weighted by Gasteiger charge is -2.10. The third-order valence-electron chi connectivity index (χ3n) is 2.52. The smallest absolute Gasteiger partial charge is 0.252 e. The van der Waals surface area contributed by atoms with E-state index in [1.54, 1.807) is 42.5 Å². The summed E-state index contributed by atoms with van der Waals surface area (Å²) in [5.41, 5.74) is 6.34. The summed E-state index contributed by atoms with van der Waals surface area (Å²) < 4.78 is 6.38. The lowest BCUT2D eigenvalue weighted by Crippen LogP contribution is -2.12. The molecule has 19 heavy (non-hydrogen) atoms. The third-order valence-corrected chi connectivity index (χ3v) is 3.01. The van der Waals surface area contributed by atoms with Gasteiger partial charge in [-0.3, -0.25) is 4.79 Å². The van der Waals surface area contributed by atoms with Crippen molar-refractivity contribution >= 4 is 21.8 Å². The second kappa shape index (κ2) is 5.86. The standard InChI is InChI=1S/C14H12BrNO3/c15-10-4-5-13(12(7-10)14(16)18)19-11-3-1-2-9(6-11)8-17/h1-7,17H,8H2,(H2,16,18). The zero-order chi connectivity index (χ0) is 13.8. The predicted molar refractivity (Wildman–Crippen MR) is 75.1 cm³/mol. The molecular formula is C14H12BrNO3. The molecule has 0 spiro atoms. The molecule has 0 aromatic heterocycles. The van der Waals surface area contributed by atoms with E-state index in [1.165, 1.54) is 0 Å². The molecule has 2 rings (SSSR count). The van der Waals surface area contributed by atoms with Crippen LogP contribution >= 0.6 is 15.9 Å². The van der Waals surface area contributed by atoms with E-state index in [2.05, 4.69) is 15.9 Å². The molecule has 98 valence electrons. The molecule has 0 radical (unpaired) electrons. The molecule has 0 aliphatic heterocycles. The summed E-state index contributed by atoms with van der Waals surface area (Å²) in [7, 11) is 0. The molecular weight excluding hydrogens is 310 g/mol. The van der Waals surface area contributed by atoms with Crippen LogP contribution in [-0.4, -0.2) is 11.0 Å². The molecule has 1 amide bonds. The summed E-state index contributed by atoms with van der Waals surface area (Å²) in [5.74, 6) is 0.358. The molecule has 2 aromatic rings. The number of halogens is 1. The van der Waals surface area contributed by atoms with Crippen LogP contribution in [0.2, 0.25) is 0 Å². The molecule has 0 aliphatic rings. The van der Waals surface area contributed by atoms with Crippen LogP contribution in [0.3, 0.4) is 0 Å². The Bertz CT molecular complexity index is 613. The van der Waals surface area contributed by atoms with Crippen molar-refractivity contribution in [1.82, 2.24) is 0 Å². The van der Waals surface area contributed by atoms with Gasteiger partial charge in [0.2, 0.25) is 0 Å². The van der Waals surface area contributed by atoms with Crippen LogP contribution in [0.1, 0.15) is 15.9 Å². The Balaban J connectivity index is 2.34. The SMILES string of the molecule is NC(=O)c1cc(Br)ccc1Oc1cccc(CO)c1. The first-order valence-corrected chi connectivity index (χ1v) is 6.36. The summed E-state index contributed by atoms with van der Waals surface area (Å²) in [6, 6.07) is 12.0. The van der Waals surface area contributed by atoms with E-state index >= 15 is 0 Å². The molecule has 4 nitrogen and oxygen atoms in total. The van der Waals surface area contributed by atoms with Gasteiger partial charge in [0.25, 0.3) is 5.91 Å². The molecule has 0 saturated heterocycles. The van der Waals surface area contributed by atoms with E-state index < -0.39 is 5.91 Å². The fraction of sp³-hybridized carbons (Fsp3) is 0.0714. The van der Waals surface area contributed by atoms with Gasteiger partial charge in [-0.05, 0) is 35.9 Å². The molecule has 0 heterocycles. The fourth-order valence-corrected chi connectivity index (χ4v) is 1.98. The largest absolute Gasteiger partial charge is 0.457 e. The van der Waals surface area contributed by atoms with Crippen molar-refractivity contribution in [2.45, 2.75) is 6.61 Å². The Hall–Kier alpha value is -1.85.